The van der Waals surface area contributed by atoms with Crippen LogP contribution < -0.4 is 10.1 Å². The van der Waals surface area contributed by atoms with Gasteiger partial charge in [-0.2, -0.15) is 0 Å². The Kier molecular flexibility index (Phi) is 4.30. The number of nitrogens with one attached hydrogen (secondary N) is 1. The van der Waals surface area contributed by atoms with Gasteiger partial charge in [-0.25, -0.2) is 4.39 Å². The third-order valence-corrected chi connectivity index (χ3v) is 2.31. The number of methoxy groups -OCH3 is 1. The summed E-state index contributed by atoms with van der Waals surface area (Å²) in [6, 6.07) is 4.99. The Labute approximate surface area is 96.8 Å². The molecule has 0 unspecified atom stereocenters. The molecule has 0 fully saturated rings. The van der Waals surface area contributed by atoms with Crippen LogP contribution in [0.2, 0.25) is 0 Å². The highest BCUT2D eigenvalue weighted by molar-refractivity contribution is 5.29. The van der Waals surface area contributed by atoms with Crippen molar-refractivity contribution in [2.45, 2.75) is 32.7 Å². The summed E-state index contributed by atoms with van der Waals surface area (Å²) in [7, 11) is 1.54. The Balaban J connectivity index is 2.55. The molecule has 0 spiro atoms. The first-order valence-electron chi connectivity index (χ1n) is 5.50. The predicted octanol–water partition coefficient (Wildman–Crippen LogP) is 2.76. The average molecular weight is 225 g/mol. The summed E-state index contributed by atoms with van der Waals surface area (Å²) in [5, 5.41) is 3.33. The molecule has 0 heterocycles. The topological polar surface area (TPSA) is 21.3 Å². The molecule has 0 saturated carbocycles. The van der Waals surface area contributed by atoms with Gasteiger partial charge in [0.25, 0.3) is 0 Å². The SMILES string of the molecule is COc1ccc(CCNC(C)(C)C)c(F)c1. The number of halogens is 1. The van der Waals surface area contributed by atoms with Crippen LogP contribution in [0.1, 0.15) is 26.3 Å². The second-order valence-corrected chi connectivity index (χ2v) is 4.88. The molecule has 0 aromatic heterocycles. The van der Waals surface area contributed by atoms with Gasteiger partial charge in [0.2, 0.25) is 0 Å². The van der Waals surface area contributed by atoms with Gasteiger partial charge in [0.1, 0.15) is 11.6 Å². The molecule has 1 N–H and O–H groups in total. The van der Waals surface area contributed by atoms with E-state index in [9.17, 15) is 4.39 Å². The van der Waals surface area contributed by atoms with Crippen LogP contribution in [0.15, 0.2) is 18.2 Å². The molecule has 0 saturated heterocycles. The summed E-state index contributed by atoms with van der Waals surface area (Å²) < 4.78 is 18.5. The van der Waals surface area contributed by atoms with Gasteiger partial charge in [-0.3, -0.25) is 0 Å². The van der Waals surface area contributed by atoms with Gasteiger partial charge in [-0.1, -0.05) is 6.07 Å². The van der Waals surface area contributed by atoms with Crippen LogP contribution in [0.3, 0.4) is 0 Å². The van der Waals surface area contributed by atoms with Crippen molar-refractivity contribution in [1.82, 2.24) is 5.32 Å². The van der Waals surface area contributed by atoms with Crippen molar-refractivity contribution >= 4 is 0 Å². The molecule has 0 amide bonds. The Morgan fingerprint density at radius 2 is 2.00 bits per heavy atom. The van der Waals surface area contributed by atoms with Crippen molar-refractivity contribution in [2.24, 2.45) is 0 Å². The summed E-state index contributed by atoms with van der Waals surface area (Å²) >= 11 is 0. The van der Waals surface area contributed by atoms with E-state index in [0.29, 0.717) is 12.2 Å². The summed E-state index contributed by atoms with van der Waals surface area (Å²) in [5.74, 6) is 0.361. The van der Waals surface area contributed by atoms with Crippen molar-refractivity contribution < 1.29 is 9.13 Å². The molecule has 1 aromatic rings. The lowest BCUT2D eigenvalue weighted by atomic mass is 10.1. The van der Waals surface area contributed by atoms with E-state index in [1.165, 1.54) is 13.2 Å². The quantitative estimate of drug-likeness (QED) is 0.850. The Morgan fingerprint density at radius 1 is 1.31 bits per heavy atom. The van der Waals surface area contributed by atoms with Crippen molar-refractivity contribution in [3.63, 3.8) is 0 Å². The van der Waals surface area contributed by atoms with Gasteiger partial charge in [-0.05, 0) is 45.4 Å². The molecule has 1 rings (SSSR count). The number of hydrogen-bond donors (Lipinski definition) is 1. The highest BCUT2D eigenvalue weighted by Crippen LogP contribution is 2.16. The minimum atomic E-state index is -0.199. The van der Waals surface area contributed by atoms with Gasteiger partial charge in [0, 0.05) is 11.6 Å². The average Bonchev–Trinajstić information content (AvgIpc) is 2.18. The molecule has 16 heavy (non-hydrogen) atoms. The number of ether oxygens (including phenoxy) is 1. The Hall–Kier alpha value is -1.09. The van der Waals surface area contributed by atoms with Gasteiger partial charge in [0.05, 0.1) is 7.11 Å². The van der Waals surface area contributed by atoms with E-state index < -0.39 is 0 Å². The van der Waals surface area contributed by atoms with Crippen molar-refractivity contribution in [1.29, 1.82) is 0 Å². The molecular formula is C13H20FNO. The van der Waals surface area contributed by atoms with Crippen LogP contribution in [0.5, 0.6) is 5.75 Å². The molecule has 0 radical (unpaired) electrons. The first-order valence-corrected chi connectivity index (χ1v) is 5.50. The third kappa shape index (κ3) is 4.19. The zero-order chi connectivity index (χ0) is 12.2. The van der Waals surface area contributed by atoms with Gasteiger partial charge >= 0.3 is 0 Å². The highest BCUT2D eigenvalue weighted by Gasteiger charge is 2.09. The van der Waals surface area contributed by atoms with E-state index in [1.54, 1.807) is 12.1 Å². The molecule has 0 atom stereocenters. The molecule has 2 nitrogen and oxygen atoms in total. The minimum Gasteiger partial charge on any atom is -0.497 e. The van der Waals surface area contributed by atoms with Gasteiger partial charge in [0.15, 0.2) is 0 Å². The molecule has 90 valence electrons. The van der Waals surface area contributed by atoms with E-state index in [1.807, 2.05) is 0 Å². The lowest BCUT2D eigenvalue weighted by Gasteiger charge is -2.20. The molecule has 0 aliphatic heterocycles. The monoisotopic (exact) mass is 225 g/mol. The zero-order valence-corrected chi connectivity index (χ0v) is 10.4. The Morgan fingerprint density at radius 3 is 2.50 bits per heavy atom. The fraction of sp³-hybridized carbons (Fsp3) is 0.538. The molecular weight excluding hydrogens is 205 g/mol. The molecule has 0 bridgehead atoms. The maximum Gasteiger partial charge on any atom is 0.130 e. The van der Waals surface area contributed by atoms with E-state index >= 15 is 0 Å². The highest BCUT2D eigenvalue weighted by atomic mass is 19.1. The summed E-state index contributed by atoms with van der Waals surface area (Å²) in [6.45, 7) is 7.05. The number of benzene rings is 1. The van der Waals surface area contributed by atoms with E-state index in [-0.39, 0.29) is 11.4 Å². The number of rotatable bonds is 4. The van der Waals surface area contributed by atoms with Crippen LogP contribution in [-0.4, -0.2) is 19.2 Å². The van der Waals surface area contributed by atoms with Crippen molar-refractivity contribution in [2.75, 3.05) is 13.7 Å². The molecule has 0 aliphatic carbocycles. The van der Waals surface area contributed by atoms with Gasteiger partial charge in [-0.15, -0.1) is 0 Å². The molecule has 1 aromatic carbocycles. The van der Waals surface area contributed by atoms with Crippen LogP contribution in [-0.2, 0) is 6.42 Å². The maximum absolute atomic E-state index is 13.5. The summed E-state index contributed by atoms with van der Waals surface area (Å²) in [4.78, 5) is 0. The van der Waals surface area contributed by atoms with Gasteiger partial charge < -0.3 is 10.1 Å². The second-order valence-electron chi connectivity index (χ2n) is 4.88. The normalized spacial score (nSPS) is 11.6. The van der Waals surface area contributed by atoms with Crippen LogP contribution in [0.4, 0.5) is 4.39 Å². The standard InChI is InChI=1S/C13H20FNO/c1-13(2,3)15-8-7-10-5-6-11(16-4)9-12(10)14/h5-6,9,15H,7-8H2,1-4H3. The lowest BCUT2D eigenvalue weighted by Crippen LogP contribution is -2.37. The minimum absolute atomic E-state index is 0.0724. The summed E-state index contributed by atoms with van der Waals surface area (Å²) in [6.07, 6.45) is 0.688. The van der Waals surface area contributed by atoms with Crippen molar-refractivity contribution in [3.05, 3.63) is 29.6 Å². The fourth-order valence-electron chi connectivity index (χ4n) is 1.43. The smallest absolute Gasteiger partial charge is 0.130 e. The first kappa shape index (κ1) is 13.0. The molecule has 3 heteroatoms. The van der Waals surface area contributed by atoms with Crippen molar-refractivity contribution in [3.8, 4) is 5.75 Å². The zero-order valence-electron chi connectivity index (χ0n) is 10.4. The lowest BCUT2D eigenvalue weighted by molar-refractivity contribution is 0.409. The van der Waals surface area contributed by atoms with Crippen LogP contribution >= 0.6 is 0 Å². The predicted molar refractivity (Wildman–Crippen MR) is 64.4 cm³/mol. The van der Waals surface area contributed by atoms with E-state index in [0.717, 1.165) is 12.1 Å². The van der Waals surface area contributed by atoms with E-state index in [2.05, 4.69) is 26.1 Å². The maximum atomic E-state index is 13.5. The summed E-state index contributed by atoms with van der Waals surface area (Å²) in [5.41, 5.74) is 0.792. The number of hydrogen-bond acceptors (Lipinski definition) is 2. The van der Waals surface area contributed by atoms with Crippen LogP contribution in [0.25, 0.3) is 0 Å². The fourth-order valence-corrected chi connectivity index (χ4v) is 1.43. The third-order valence-electron chi connectivity index (χ3n) is 2.31. The Bertz CT molecular complexity index is 344. The first-order chi connectivity index (χ1) is 7.42. The second kappa shape index (κ2) is 5.30. The van der Waals surface area contributed by atoms with E-state index in [4.69, 9.17) is 4.74 Å². The van der Waals surface area contributed by atoms with Crippen LogP contribution in [0, 0.1) is 5.82 Å². The largest absolute Gasteiger partial charge is 0.497 e. The molecule has 0 aliphatic rings.